The van der Waals surface area contributed by atoms with Gasteiger partial charge in [0.15, 0.2) is 0 Å². The highest BCUT2D eigenvalue weighted by Crippen LogP contribution is 2.40. The van der Waals surface area contributed by atoms with Crippen molar-refractivity contribution in [1.82, 2.24) is 9.80 Å². The number of ketones is 1. The number of rotatable bonds is 13. The third kappa shape index (κ3) is 6.72. The molecule has 1 N–H and O–H groups in total. The van der Waals surface area contributed by atoms with E-state index in [2.05, 4.69) is 18.7 Å². The number of hydrogen-bond acceptors (Lipinski definition) is 6. The minimum Gasteiger partial charge on any atom is -0.507 e. The smallest absolute Gasteiger partial charge is 0.295 e. The van der Waals surface area contributed by atoms with E-state index in [1.807, 2.05) is 61.5 Å². The lowest BCUT2D eigenvalue weighted by atomic mass is 9.95. The Morgan fingerprint density at radius 2 is 1.48 bits per heavy atom. The minimum atomic E-state index is -0.693. The fourth-order valence-corrected chi connectivity index (χ4v) is 4.98. The van der Waals surface area contributed by atoms with Gasteiger partial charge >= 0.3 is 0 Å². The molecule has 7 nitrogen and oxygen atoms in total. The summed E-state index contributed by atoms with van der Waals surface area (Å²) in [6.07, 6.45) is 0.718. The Kier molecular flexibility index (Phi) is 9.97. The van der Waals surface area contributed by atoms with Gasteiger partial charge in [0.2, 0.25) is 0 Å². The van der Waals surface area contributed by atoms with Crippen molar-refractivity contribution in [2.24, 2.45) is 0 Å². The Labute approximate surface area is 236 Å². The summed E-state index contributed by atoms with van der Waals surface area (Å²) in [5.74, 6) is -0.124. The second-order valence-corrected chi connectivity index (χ2v) is 9.67. The van der Waals surface area contributed by atoms with Crippen molar-refractivity contribution in [2.45, 2.75) is 39.8 Å². The number of amides is 1. The molecule has 7 heteroatoms. The predicted molar refractivity (Wildman–Crippen MR) is 156 cm³/mol. The zero-order valence-corrected chi connectivity index (χ0v) is 23.5. The van der Waals surface area contributed by atoms with Crippen LogP contribution in [0.15, 0.2) is 84.4 Å². The Bertz CT molecular complexity index is 1300. The lowest BCUT2D eigenvalue weighted by molar-refractivity contribution is -0.140. The van der Waals surface area contributed by atoms with Gasteiger partial charge in [0.1, 0.15) is 23.9 Å². The van der Waals surface area contributed by atoms with Crippen molar-refractivity contribution in [1.29, 1.82) is 0 Å². The second kappa shape index (κ2) is 13.8. The monoisotopic (exact) mass is 542 g/mol. The SMILES string of the molecule is CCOc1ccc([C@H]2C(=C(O)c3ccc(OCc4ccccc4)cc3)C(=O)C(=O)N2CCCN(CC)CC)cc1. The summed E-state index contributed by atoms with van der Waals surface area (Å²) < 4.78 is 11.5. The molecule has 1 saturated heterocycles. The first-order valence-electron chi connectivity index (χ1n) is 14.0. The van der Waals surface area contributed by atoms with E-state index < -0.39 is 17.7 Å². The number of benzene rings is 3. The van der Waals surface area contributed by atoms with Crippen LogP contribution in [0.25, 0.3) is 5.76 Å². The molecule has 3 aromatic rings. The highest BCUT2D eigenvalue weighted by Gasteiger charge is 2.45. The number of carbonyl (C=O) groups is 2. The number of Topliss-reactive ketones (excluding diaryl/α,β-unsaturated/α-hetero) is 1. The first kappa shape index (κ1) is 28.9. The maximum atomic E-state index is 13.4. The topological polar surface area (TPSA) is 79.3 Å². The molecular formula is C33H38N2O5. The number of carbonyl (C=O) groups excluding carboxylic acids is 2. The van der Waals surface area contributed by atoms with Crippen molar-refractivity contribution in [2.75, 3.05) is 32.8 Å². The Morgan fingerprint density at radius 3 is 2.10 bits per heavy atom. The van der Waals surface area contributed by atoms with Crippen molar-refractivity contribution >= 4 is 17.4 Å². The van der Waals surface area contributed by atoms with E-state index in [0.717, 1.165) is 37.2 Å². The average molecular weight is 543 g/mol. The molecule has 0 unspecified atom stereocenters. The third-order valence-corrected chi connectivity index (χ3v) is 7.19. The minimum absolute atomic E-state index is 0.0925. The van der Waals surface area contributed by atoms with Crippen LogP contribution in [0.2, 0.25) is 0 Å². The fourth-order valence-electron chi connectivity index (χ4n) is 4.98. The van der Waals surface area contributed by atoms with Crippen LogP contribution in [0.1, 0.15) is 49.9 Å². The molecule has 40 heavy (non-hydrogen) atoms. The molecule has 0 bridgehead atoms. The highest BCUT2D eigenvalue weighted by atomic mass is 16.5. The molecule has 1 aliphatic heterocycles. The van der Waals surface area contributed by atoms with Gasteiger partial charge in [0, 0.05) is 12.1 Å². The zero-order valence-electron chi connectivity index (χ0n) is 23.5. The van der Waals surface area contributed by atoms with Crippen LogP contribution in [0.3, 0.4) is 0 Å². The summed E-state index contributed by atoms with van der Waals surface area (Å²) in [5, 5.41) is 11.4. The molecule has 1 atom stereocenters. The van der Waals surface area contributed by atoms with E-state index in [0.29, 0.717) is 36.8 Å². The summed E-state index contributed by atoms with van der Waals surface area (Å²) in [7, 11) is 0. The molecule has 4 rings (SSSR count). The maximum Gasteiger partial charge on any atom is 0.295 e. The van der Waals surface area contributed by atoms with Gasteiger partial charge in [-0.1, -0.05) is 56.3 Å². The normalized spacial score (nSPS) is 16.5. The van der Waals surface area contributed by atoms with Gasteiger partial charge in [0.25, 0.3) is 11.7 Å². The van der Waals surface area contributed by atoms with E-state index in [1.54, 1.807) is 29.2 Å². The third-order valence-electron chi connectivity index (χ3n) is 7.19. The summed E-state index contributed by atoms with van der Waals surface area (Å²) in [6.45, 7) is 10.1. The first-order chi connectivity index (χ1) is 19.5. The fraction of sp³-hybridized carbons (Fsp3) is 0.333. The molecule has 1 fully saturated rings. The maximum absolute atomic E-state index is 13.4. The predicted octanol–water partition coefficient (Wildman–Crippen LogP) is 5.82. The van der Waals surface area contributed by atoms with Crippen molar-refractivity contribution < 1.29 is 24.2 Å². The Hall–Kier alpha value is -4.10. The van der Waals surface area contributed by atoms with Crippen LogP contribution in [-0.2, 0) is 16.2 Å². The van der Waals surface area contributed by atoms with Gasteiger partial charge in [-0.05, 0) is 80.5 Å². The molecule has 0 aliphatic carbocycles. The number of hydrogen-bond donors (Lipinski definition) is 1. The standard InChI is InChI=1S/C33H38N2O5/c1-4-34(5-2)21-10-22-35-30(25-13-17-27(18-14-25)39-6-3)29(32(37)33(35)38)31(36)26-15-19-28(20-16-26)40-23-24-11-8-7-9-12-24/h7-9,11-20,30,36H,4-6,10,21-23H2,1-3H3/t30-/m0/s1. The van der Waals surface area contributed by atoms with Crippen LogP contribution < -0.4 is 9.47 Å². The molecule has 1 heterocycles. The molecule has 1 amide bonds. The number of aliphatic hydroxyl groups is 1. The molecule has 0 radical (unpaired) electrons. The number of nitrogens with zero attached hydrogens (tertiary/aromatic N) is 2. The molecule has 210 valence electrons. The summed E-state index contributed by atoms with van der Waals surface area (Å²) in [4.78, 5) is 30.5. The summed E-state index contributed by atoms with van der Waals surface area (Å²) >= 11 is 0. The molecule has 0 saturated carbocycles. The molecule has 1 aliphatic rings. The van der Waals surface area contributed by atoms with Gasteiger partial charge in [-0.2, -0.15) is 0 Å². The largest absolute Gasteiger partial charge is 0.507 e. The van der Waals surface area contributed by atoms with Gasteiger partial charge in [0.05, 0.1) is 18.2 Å². The van der Waals surface area contributed by atoms with E-state index in [4.69, 9.17) is 9.47 Å². The van der Waals surface area contributed by atoms with E-state index in [9.17, 15) is 14.7 Å². The molecule has 3 aromatic carbocycles. The number of aliphatic hydroxyl groups excluding tert-OH is 1. The number of likely N-dealkylation sites (tertiary alicyclic amines) is 1. The van der Waals surface area contributed by atoms with Crippen LogP contribution in [0, 0.1) is 0 Å². The van der Waals surface area contributed by atoms with Crippen molar-refractivity contribution in [3.63, 3.8) is 0 Å². The molecule has 0 spiro atoms. The van der Waals surface area contributed by atoms with Gasteiger partial charge in [-0.25, -0.2) is 0 Å². The quantitative estimate of drug-likeness (QED) is 0.167. The van der Waals surface area contributed by atoms with Gasteiger partial charge < -0.3 is 24.4 Å². The lowest BCUT2D eigenvalue weighted by Crippen LogP contribution is -2.33. The first-order valence-corrected chi connectivity index (χ1v) is 14.0. The Balaban J connectivity index is 1.62. The van der Waals surface area contributed by atoms with Crippen LogP contribution in [0.5, 0.6) is 11.5 Å². The van der Waals surface area contributed by atoms with Crippen molar-refractivity contribution in [3.05, 3.63) is 101 Å². The average Bonchev–Trinajstić information content (AvgIpc) is 3.24. The zero-order chi connectivity index (χ0) is 28.5. The second-order valence-electron chi connectivity index (χ2n) is 9.67. The van der Waals surface area contributed by atoms with Crippen molar-refractivity contribution in [3.8, 4) is 11.5 Å². The molecular weight excluding hydrogens is 504 g/mol. The summed E-state index contributed by atoms with van der Waals surface area (Å²) in [6, 6.07) is 23.4. The van der Waals surface area contributed by atoms with E-state index >= 15 is 0 Å². The summed E-state index contributed by atoms with van der Waals surface area (Å²) in [5.41, 5.74) is 2.33. The van der Waals surface area contributed by atoms with Crippen LogP contribution in [-0.4, -0.2) is 59.4 Å². The van der Waals surface area contributed by atoms with Gasteiger partial charge in [-0.3, -0.25) is 9.59 Å². The number of ether oxygens (including phenoxy) is 2. The van der Waals surface area contributed by atoms with E-state index in [1.165, 1.54) is 0 Å². The van der Waals surface area contributed by atoms with Gasteiger partial charge in [-0.15, -0.1) is 0 Å². The van der Waals surface area contributed by atoms with Crippen LogP contribution in [0.4, 0.5) is 0 Å². The lowest BCUT2D eigenvalue weighted by Gasteiger charge is -2.27. The Morgan fingerprint density at radius 1 is 0.850 bits per heavy atom. The highest BCUT2D eigenvalue weighted by molar-refractivity contribution is 6.46. The van der Waals surface area contributed by atoms with Crippen LogP contribution >= 0.6 is 0 Å². The molecule has 0 aromatic heterocycles. The van der Waals surface area contributed by atoms with E-state index in [-0.39, 0.29) is 11.3 Å².